The van der Waals surface area contributed by atoms with Crippen LogP contribution in [0.1, 0.15) is 11.5 Å². The zero-order chi connectivity index (χ0) is 19.4. The molecule has 0 atom stereocenters. The van der Waals surface area contributed by atoms with Crippen LogP contribution in [0.5, 0.6) is 11.5 Å². The van der Waals surface area contributed by atoms with Gasteiger partial charge in [-0.05, 0) is 35.4 Å². The van der Waals surface area contributed by atoms with Gasteiger partial charge in [-0.25, -0.2) is 4.39 Å². The van der Waals surface area contributed by atoms with Crippen molar-refractivity contribution < 1.29 is 23.8 Å². The first-order chi connectivity index (χ1) is 13.0. The van der Waals surface area contributed by atoms with E-state index in [-0.39, 0.29) is 23.8 Å². The fraction of sp³-hybridized carbons (Fsp3) is 0.150. The molecule has 1 heterocycles. The summed E-state index contributed by atoms with van der Waals surface area (Å²) in [5.74, 6) is -0.640. The summed E-state index contributed by atoms with van der Waals surface area (Å²) < 4.78 is 24.0. The first-order valence-corrected chi connectivity index (χ1v) is 8.15. The topological polar surface area (TPSA) is 91.9 Å². The van der Waals surface area contributed by atoms with Crippen molar-refractivity contribution in [1.82, 2.24) is 0 Å². The van der Waals surface area contributed by atoms with E-state index in [4.69, 9.17) is 14.3 Å². The molecule has 2 aromatic carbocycles. The van der Waals surface area contributed by atoms with Crippen LogP contribution < -0.4 is 15.5 Å². The molecule has 3 rings (SSSR count). The van der Waals surface area contributed by atoms with Crippen LogP contribution in [0.2, 0.25) is 0 Å². The summed E-state index contributed by atoms with van der Waals surface area (Å²) in [5, 5.41) is 21.9. The summed E-state index contributed by atoms with van der Waals surface area (Å²) in [6, 6.07) is 12.9. The van der Waals surface area contributed by atoms with E-state index in [0.29, 0.717) is 11.3 Å². The van der Waals surface area contributed by atoms with Gasteiger partial charge in [0.05, 0.1) is 13.7 Å². The quantitative estimate of drug-likeness (QED) is 0.616. The Hall–Kier alpha value is -3.32. The molecule has 6 nitrogen and oxygen atoms in total. The number of halogens is 1. The van der Waals surface area contributed by atoms with Gasteiger partial charge in [-0.2, -0.15) is 0 Å². The summed E-state index contributed by atoms with van der Waals surface area (Å²) >= 11 is 0. The lowest BCUT2D eigenvalue weighted by Crippen LogP contribution is -2.08. The summed E-state index contributed by atoms with van der Waals surface area (Å²) in [5.41, 5.74) is 1.63. The van der Waals surface area contributed by atoms with E-state index in [1.807, 2.05) is 12.1 Å². The number of nitrogens with one attached hydrogen (secondary N) is 1. The normalized spacial score (nSPS) is 10.6. The molecule has 27 heavy (non-hydrogen) atoms. The molecule has 3 N–H and O–H groups in total. The Morgan fingerprint density at radius 3 is 2.44 bits per heavy atom. The highest BCUT2D eigenvalue weighted by molar-refractivity contribution is 5.66. The highest BCUT2D eigenvalue weighted by Gasteiger charge is 2.11. The number of aromatic hydroxyl groups is 1. The van der Waals surface area contributed by atoms with Gasteiger partial charge in [0, 0.05) is 11.8 Å². The molecule has 1 aromatic heterocycles. The molecule has 0 aliphatic carbocycles. The Bertz CT molecular complexity index is 998. The maximum Gasteiger partial charge on any atom is 0.227 e. The average molecular weight is 371 g/mol. The van der Waals surface area contributed by atoms with E-state index in [1.54, 1.807) is 24.3 Å². The molecule has 0 bridgehead atoms. The molecule has 7 heteroatoms. The van der Waals surface area contributed by atoms with E-state index in [0.717, 1.165) is 11.6 Å². The van der Waals surface area contributed by atoms with Crippen LogP contribution in [-0.4, -0.2) is 17.3 Å². The number of aliphatic hydroxyl groups excluding tert-OH is 1. The molecule has 0 unspecified atom stereocenters. The second-order valence-corrected chi connectivity index (χ2v) is 5.79. The number of hydrogen-bond acceptors (Lipinski definition) is 6. The Morgan fingerprint density at radius 1 is 1.11 bits per heavy atom. The van der Waals surface area contributed by atoms with E-state index in [1.165, 1.54) is 13.2 Å². The van der Waals surface area contributed by atoms with E-state index in [9.17, 15) is 14.3 Å². The van der Waals surface area contributed by atoms with Gasteiger partial charge in [-0.15, -0.1) is 0 Å². The molecule has 0 aliphatic heterocycles. The van der Waals surface area contributed by atoms with Gasteiger partial charge in [0.1, 0.15) is 12.4 Å². The van der Waals surface area contributed by atoms with E-state index >= 15 is 0 Å². The molecule has 3 aromatic rings. The number of benzene rings is 2. The monoisotopic (exact) mass is 371 g/mol. The average Bonchev–Trinajstić information content (AvgIpc) is 2.69. The van der Waals surface area contributed by atoms with Crippen LogP contribution in [0, 0.1) is 5.82 Å². The lowest BCUT2D eigenvalue weighted by molar-refractivity contribution is 0.236. The van der Waals surface area contributed by atoms with Crippen LogP contribution in [0.3, 0.4) is 0 Å². The zero-order valence-corrected chi connectivity index (χ0v) is 14.5. The van der Waals surface area contributed by atoms with Gasteiger partial charge < -0.3 is 24.7 Å². The number of ether oxygens (including phenoxy) is 1. The van der Waals surface area contributed by atoms with Crippen LogP contribution in [-0.2, 0) is 13.2 Å². The molecule has 0 amide bonds. The van der Waals surface area contributed by atoms with Crippen LogP contribution in [0.4, 0.5) is 10.1 Å². The van der Waals surface area contributed by atoms with Crippen molar-refractivity contribution in [2.24, 2.45) is 0 Å². The van der Waals surface area contributed by atoms with Crippen molar-refractivity contribution in [3.8, 4) is 22.6 Å². The first kappa shape index (κ1) is 18.5. The van der Waals surface area contributed by atoms with Crippen molar-refractivity contribution in [1.29, 1.82) is 0 Å². The number of hydrogen-bond donors (Lipinski definition) is 3. The maximum absolute atomic E-state index is 13.8. The Morgan fingerprint density at radius 2 is 1.81 bits per heavy atom. The number of anilines is 1. The third kappa shape index (κ3) is 4.09. The second-order valence-electron chi connectivity index (χ2n) is 5.79. The van der Waals surface area contributed by atoms with Gasteiger partial charge >= 0.3 is 0 Å². The zero-order valence-electron chi connectivity index (χ0n) is 14.5. The highest BCUT2D eigenvalue weighted by Crippen LogP contribution is 2.26. The molecular weight excluding hydrogens is 353 g/mol. The fourth-order valence-corrected chi connectivity index (χ4v) is 2.59. The van der Waals surface area contributed by atoms with E-state index < -0.39 is 23.6 Å². The Kier molecular flexibility index (Phi) is 5.42. The van der Waals surface area contributed by atoms with Crippen molar-refractivity contribution in [2.75, 3.05) is 12.4 Å². The second kappa shape index (κ2) is 7.92. The largest absolute Gasteiger partial charge is 0.502 e. The minimum Gasteiger partial charge on any atom is -0.502 e. The fourth-order valence-electron chi connectivity index (χ4n) is 2.59. The van der Waals surface area contributed by atoms with Crippen molar-refractivity contribution in [3.63, 3.8) is 0 Å². The predicted molar refractivity (Wildman–Crippen MR) is 98.3 cm³/mol. The third-order valence-electron chi connectivity index (χ3n) is 4.02. The Labute approximate surface area is 154 Å². The number of methoxy groups -OCH3 is 1. The molecule has 0 aliphatic rings. The van der Waals surface area contributed by atoms with Gasteiger partial charge in [0.2, 0.25) is 11.2 Å². The lowest BCUT2D eigenvalue weighted by Gasteiger charge is -2.10. The van der Waals surface area contributed by atoms with Gasteiger partial charge in [0.15, 0.2) is 17.3 Å². The summed E-state index contributed by atoms with van der Waals surface area (Å²) in [4.78, 5) is 11.6. The molecule has 0 saturated heterocycles. The molecular formula is C20H18FNO5. The molecule has 0 spiro atoms. The van der Waals surface area contributed by atoms with Gasteiger partial charge in [-0.3, -0.25) is 4.79 Å². The minimum atomic E-state index is -0.612. The van der Waals surface area contributed by atoms with E-state index in [2.05, 4.69) is 5.32 Å². The van der Waals surface area contributed by atoms with Gasteiger partial charge in [0.25, 0.3) is 0 Å². The molecule has 0 fully saturated rings. The first-order valence-electron chi connectivity index (χ1n) is 8.15. The predicted octanol–water partition coefficient (Wildman–Crippen LogP) is 3.26. The summed E-state index contributed by atoms with van der Waals surface area (Å²) in [6.45, 7) is -0.374. The summed E-state index contributed by atoms with van der Waals surface area (Å²) in [7, 11) is 1.41. The number of rotatable bonds is 6. The van der Waals surface area contributed by atoms with Gasteiger partial charge in [-0.1, -0.05) is 18.2 Å². The SMILES string of the molecule is COc1ccc(-c2ccc(NCc3oc(CO)cc(=O)c3O)cc2)cc1F. The lowest BCUT2D eigenvalue weighted by atomic mass is 10.0. The molecule has 140 valence electrons. The number of aliphatic hydroxyl groups is 1. The van der Waals surface area contributed by atoms with Crippen molar-refractivity contribution in [2.45, 2.75) is 13.2 Å². The van der Waals surface area contributed by atoms with Crippen LogP contribution >= 0.6 is 0 Å². The van der Waals surface area contributed by atoms with Crippen molar-refractivity contribution in [3.05, 3.63) is 76.1 Å². The van der Waals surface area contributed by atoms with Crippen LogP contribution in [0.25, 0.3) is 11.1 Å². The third-order valence-corrected chi connectivity index (χ3v) is 4.02. The Balaban J connectivity index is 1.74. The molecule has 0 radical (unpaired) electrons. The molecule has 0 saturated carbocycles. The minimum absolute atomic E-state index is 0.0350. The smallest absolute Gasteiger partial charge is 0.227 e. The highest BCUT2D eigenvalue weighted by atomic mass is 19.1. The maximum atomic E-state index is 13.8. The standard InChI is InChI=1S/C20H18FNO5/c1-26-18-7-4-13(8-16(18)21)12-2-5-14(6-3-12)22-10-19-20(25)17(24)9-15(11-23)27-19/h2-9,22-23,25H,10-11H2,1H3. The van der Waals surface area contributed by atoms with Crippen molar-refractivity contribution >= 4 is 5.69 Å². The summed E-state index contributed by atoms with van der Waals surface area (Å²) in [6.07, 6.45) is 0. The van der Waals surface area contributed by atoms with Crippen LogP contribution in [0.15, 0.2) is 57.7 Å².